The average molecular weight is 404 g/mol. The lowest BCUT2D eigenvalue weighted by Crippen LogP contribution is -2.49. The van der Waals surface area contributed by atoms with Gasteiger partial charge in [0.2, 0.25) is 11.0 Å². The Bertz CT molecular complexity index is 883. The maximum absolute atomic E-state index is 12.9. The molecule has 1 aliphatic rings. The molecule has 1 unspecified atom stereocenters. The van der Waals surface area contributed by atoms with E-state index in [0.717, 1.165) is 0 Å². The number of hydrogen-bond acceptors (Lipinski definition) is 6. The lowest BCUT2D eigenvalue weighted by molar-refractivity contribution is -0.125. The minimum Gasteiger partial charge on any atom is -0.497 e. The van der Waals surface area contributed by atoms with Crippen LogP contribution < -0.4 is 20.8 Å². The second kappa shape index (κ2) is 7.72. The van der Waals surface area contributed by atoms with Crippen LogP contribution in [-0.4, -0.2) is 41.0 Å². The summed E-state index contributed by atoms with van der Waals surface area (Å²) in [5.41, 5.74) is 8.38. The molecule has 0 spiro atoms. The quantitative estimate of drug-likeness (QED) is 0.703. The van der Waals surface area contributed by atoms with Crippen molar-refractivity contribution >= 4 is 52.1 Å². The molecule has 1 aromatic carbocycles. The van der Waals surface area contributed by atoms with E-state index >= 15 is 0 Å². The number of anilines is 1. The van der Waals surface area contributed by atoms with Crippen molar-refractivity contribution in [2.45, 2.75) is 12.5 Å². The number of ether oxygens (including phenoxy) is 1. The monoisotopic (exact) mass is 404 g/mol. The van der Waals surface area contributed by atoms with Gasteiger partial charge in [-0.2, -0.15) is 0 Å². The highest BCUT2D eigenvalue weighted by atomic mass is 32.1. The zero-order chi connectivity index (χ0) is 19.6. The van der Waals surface area contributed by atoms with Crippen molar-refractivity contribution in [3.8, 4) is 5.75 Å². The van der Waals surface area contributed by atoms with Crippen molar-refractivity contribution < 1.29 is 19.1 Å². The number of nitrogens with two attached hydrogens (primary N) is 1. The molecule has 1 saturated heterocycles. The molecule has 0 radical (unpaired) electrons. The van der Waals surface area contributed by atoms with E-state index in [2.05, 4.69) is 5.43 Å². The SMILES string of the molecule is COc1ccc(N2C(=O)C(CC(N)=O)N(NC(=O)c3cccs3)C2=S)cc1. The molecule has 0 aliphatic carbocycles. The maximum atomic E-state index is 12.9. The normalized spacial score (nSPS) is 16.6. The van der Waals surface area contributed by atoms with E-state index in [1.807, 2.05) is 0 Å². The molecular weight excluding hydrogens is 388 g/mol. The van der Waals surface area contributed by atoms with Crippen molar-refractivity contribution in [2.75, 3.05) is 12.0 Å². The van der Waals surface area contributed by atoms with Crippen LogP contribution >= 0.6 is 23.6 Å². The fourth-order valence-electron chi connectivity index (χ4n) is 2.63. The van der Waals surface area contributed by atoms with E-state index in [1.165, 1.54) is 28.4 Å². The third kappa shape index (κ3) is 3.76. The molecule has 1 atom stereocenters. The molecule has 1 aliphatic heterocycles. The van der Waals surface area contributed by atoms with Gasteiger partial charge in [-0.05, 0) is 47.9 Å². The molecule has 1 fully saturated rings. The number of benzene rings is 1. The Morgan fingerprint density at radius 3 is 2.56 bits per heavy atom. The Morgan fingerprint density at radius 1 is 1.30 bits per heavy atom. The molecule has 140 valence electrons. The van der Waals surface area contributed by atoms with Gasteiger partial charge in [0, 0.05) is 0 Å². The van der Waals surface area contributed by atoms with Gasteiger partial charge in [0.25, 0.3) is 11.8 Å². The summed E-state index contributed by atoms with van der Waals surface area (Å²) < 4.78 is 5.11. The van der Waals surface area contributed by atoms with Crippen LogP contribution in [0, 0.1) is 0 Å². The number of primary amides is 1. The van der Waals surface area contributed by atoms with Crippen LogP contribution in [0.25, 0.3) is 0 Å². The van der Waals surface area contributed by atoms with Crippen molar-refractivity contribution in [3.63, 3.8) is 0 Å². The Balaban J connectivity index is 1.90. The molecule has 2 aromatic rings. The molecule has 2 heterocycles. The number of nitrogens with zero attached hydrogens (tertiary/aromatic N) is 2. The Labute approximate surface area is 164 Å². The lowest BCUT2D eigenvalue weighted by atomic mass is 10.2. The van der Waals surface area contributed by atoms with Crippen LogP contribution in [0.4, 0.5) is 5.69 Å². The van der Waals surface area contributed by atoms with Crippen LogP contribution in [-0.2, 0) is 9.59 Å². The summed E-state index contributed by atoms with van der Waals surface area (Å²) in [5, 5.41) is 3.03. The van der Waals surface area contributed by atoms with E-state index in [0.29, 0.717) is 16.3 Å². The van der Waals surface area contributed by atoms with Gasteiger partial charge >= 0.3 is 0 Å². The lowest BCUT2D eigenvalue weighted by Gasteiger charge is -2.23. The summed E-state index contributed by atoms with van der Waals surface area (Å²) >= 11 is 6.64. The Morgan fingerprint density at radius 2 is 2.00 bits per heavy atom. The topological polar surface area (TPSA) is 105 Å². The summed E-state index contributed by atoms with van der Waals surface area (Å²) in [6.07, 6.45) is -0.281. The van der Waals surface area contributed by atoms with Crippen LogP contribution in [0.3, 0.4) is 0 Å². The molecule has 0 saturated carbocycles. The van der Waals surface area contributed by atoms with E-state index in [9.17, 15) is 14.4 Å². The van der Waals surface area contributed by atoms with E-state index in [4.69, 9.17) is 22.7 Å². The summed E-state index contributed by atoms with van der Waals surface area (Å²) in [5.74, 6) is -0.933. The Kier molecular flexibility index (Phi) is 5.38. The van der Waals surface area contributed by atoms with Gasteiger partial charge in [0.1, 0.15) is 11.8 Å². The summed E-state index contributed by atoms with van der Waals surface area (Å²) in [7, 11) is 1.53. The maximum Gasteiger partial charge on any atom is 0.279 e. The third-order valence-electron chi connectivity index (χ3n) is 3.91. The fourth-order valence-corrected chi connectivity index (χ4v) is 3.61. The van der Waals surface area contributed by atoms with Gasteiger partial charge in [-0.3, -0.25) is 24.7 Å². The number of thiocarbonyl (C=S) groups is 1. The highest BCUT2D eigenvalue weighted by Crippen LogP contribution is 2.27. The summed E-state index contributed by atoms with van der Waals surface area (Å²) in [4.78, 5) is 38.5. The van der Waals surface area contributed by atoms with Crippen molar-refractivity contribution in [3.05, 3.63) is 46.7 Å². The number of carbonyl (C=O) groups is 3. The zero-order valence-corrected chi connectivity index (χ0v) is 15.9. The molecular formula is C17H16N4O4S2. The van der Waals surface area contributed by atoms with Crippen LogP contribution in [0.15, 0.2) is 41.8 Å². The number of hydrazine groups is 1. The molecule has 3 amide bonds. The van der Waals surface area contributed by atoms with Crippen LogP contribution in [0.2, 0.25) is 0 Å². The highest BCUT2D eigenvalue weighted by Gasteiger charge is 2.45. The van der Waals surface area contributed by atoms with Gasteiger partial charge in [0.15, 0.2) is 0 Å². The molecule has 27 heavy (non-hydrogen) atoms. The van der Waals surface area contributed by atoms with Gasteiger partial charge in [-0.15, -0.1) is 11.3 Å². The standard InChI is InChI=1S/C17H16N4O4S2/c1-25-11-6-4-10(5-7-11)20-16(24)12(9-14(18)22)21(17(20)26)19-15(23)13-3-2-8-27-13/h2-8,12H,9H2,1H3,(H2,18,22)(H,19,23). The molecule has 3 rings (SSSR count). The molecule has 0 bridgehead atoms. The number of carbonyl (C=O) groups excluding carboxylic acids is 3. The fraction of sp³-hybridized carbons (Fsp3) is 0.176. The minimum atomic E-state index is -1.01. The number of amides is 3. The predicted octanol–water partition coefficient (Wildman–Crippen LogP) is 1.28. The molecule has 3 N–H and O–H groups in total. The van der Waals surface area contributed by atoms with Crippen molar-refractivity contribution in [2.24, 2.45) is 5.73 Å². The number of rotatable bonds is 6. The van der Waals surface area contributed by atoms with Gasteiger partial charge in [-0.1, -0.05) is 6.07 Å². The highest BCUT2D eigenvalue weighted by molar-refractivity contribution is 7.80. The van der Waals surface area contributed by atoms with E-state index in [-0.39, 0.29) is 11.5 Å². The first kappa shape index (κ1) is 18.8. The molecule has 1 aromatic heterocycles. The molecule has 8 nitrogen and oxygen atoms in total. The first-order chi connectivity index (χ1) is 12.9. The van der Waals surface area contributed by atoms with Gasteiger partial charge in [0.05, 0.1) is 24.1 Å². The Hall–Kier alpha value is -2.98. The van der Waals surface area contributed by atoms with Crippen LogP contribution in [0.1, 0.15) is 16.1 Å². The number of hydrogen-bond donors (Lipinski definition) is 2. The second-order valence-electron chi connectivity index (χ2n) is 5.63. The van der Waals surface area contributed by atoms with Gasteiger partial charge < -0.3 is 10.5 Å². The van der Waals surface area contributed by atoms with E-state index < -0.39 is 23.8 Å². The van der Waals surface area contributed by atoms with E-state index in [1.54, 1.807) is 41.8 Å². The first-order valence-electron chi connectivity index (χ1n) is 7.86. The average Bonchev–Trinajstić information content (AvgIpc) is 3.25. The van der Waals surface area contributed by atoms with Crippen molar-refractivity contribution in [1.29, 1.82) is 0 Å². The van der Waals surface area contributed by atoms with Crippen LogP contribution in [0.5, 0.6) is 5.75 Å². The minimum absolute atomic E-state index is 0.0568. The predicted molar refractivity (Wildman–Crippen MR) is 104 cm³/mol. The summed E-state index contributed by atoms with van der Waals surface area (Å²) in [6, 6.07) is 9.05. The summed E-state index contributed by atoms with van der Waals surface area (Å²) in [6.45, 7) is 0. The number of methoxy groups -OCH3 is 1. The van der Waals surface area contributed by atoms with Gasteiger partial charge in [-0.25, -0.2) is 5.01 Å². The second-order valence-corrected chi connectivity index (χ2v) is 6.94. The molecule has 10 heteroatoms. The smallest absolute Gasteiger partial charge is 0.279 e. The zero-order valence-electron chi connectivity index (χ0n) is 14.2. The number of nitrogens with one attached hydrogen (secondary N) is 1. The largest absolute Gasteiger partial charge is 0.497 e. The third-order valence-corrected chi connectivity index (χ3v) is 5.15. The van der Waals surface area contributed by atoms with Crippen molar-refractivity contribution in [1.82, 2.24) is 10.4 Å². The first-order valence-corrected chi connectivity index (χ1v) is 9.15. The number of thiophene rings is 1.